The van der Waals surface area contributed by atoms with E-state index in [1.165, 1.54) is 0 Å². The molecular weight excluding hydrogens is 190 g/mol. The number of aromatic nitrogens is 2. The monoisotopic (exact) mass is 205 g/mol. The van der Waals surface area contributed by atoms with Gasteiger partial charge in [0.25, 0.3) is 0 Å². The fourth-order valence-electron chi connectivity index (χ4n) is 1.89. The number of hydrogen-bond acceptors (Lipinski definition) is 2. The van der Waals surface area contributed by atoms with Gasteiger partial charge in [-0.2, -0.15) is 0 Å². The summed E-state index contributed by atoms with van der Waals surface area (Å²) in [5.41, 5.74) is 0. The Labute approximate surface area is 89.0 Å². The molecular formula is C11H15N3O. The number of nitrogens with one attached hydrogen (secondary N) is 1. The number of nitrogens with zero attached hydrogens (tertiary/aromatic N) is 2. The lowest BCUT2D eigenvalue weighted by Gasteiger charge is -2.22. The first-order chi connectivity index (χ1) is 7.31. The van der Waals surface area contributed by atoms with Crippen LogP contribution in [-0.2, 0) is 17.8 Å². The highest BCUT2D eigenvalue weighted by atomic mass is 16.1. The molecule has 15 heavy (non-hydrogen) atoms. The van der Waals surface area contributed by atoms with Gasteiger partial charge in [0.1, 0.15) is 5.82 Å². The Balaban J connectivity index is 1.97. The van der Waals surface area contributed by atoms with Gasteiger partial charge in [0.15, 0.2) is 0 Å². The minimum Gasteiger partial charge on any atom is -0.352 e. The van der Waals surface area contributed by atoms with Gasteiger partial charge in [-0.25, -0.2) is 4.98 Å². The van der Waals surface area contributed by atoms with Crippen molar-refractivity contribution in [1.82, 2.24) is 14.9 Å². The summed E-state index contributed by atoms with van der Waals surface area (Å²) in [6, 6.07) is 0. The SMILES string of the molecule is C=CCNC(=O)C1CCn2ccnc2C1. The Hall–Kier alpha value is -1.58. The predicted molar refractivity (Wildman–Crippen MR) is 57.2 cm³/mol. The van der Waals surface area contributed by atoms with Crippen LogP contribution in [0.25, 0.3) is 0 Å². The molecule has 1 N–H and O–H groups in total. The van der Waals surface area contributed by atoms with Crippen LogP contribution in [0, 0.1) is 5.92 Å². The first-order valence-corrected chi connectivity index (χ1v) is 5.20. The molecule has 0 aliphatic carbocycles. The van der Waals surface area contributed by atoms with Crippen molar-refractivity contribution in [3.63, 3.8) is 0 Å². The zero-order valence-electron chi connectivity index (χ0n) is 8.65. The largest absolute Gasteiger partial charge is 0.352 e. The summed E-state index contributed by atoms with van der Waals surface area (Å²) in [5.74, 6) is 1.20. The predicted octanol–water partition coefficient (Wildman–Crippen LogP) is 0.748. The molecule has 1 atom stereocenters. The Kier molecular flexibility index (Phi) is 2.85. The first kappa shape index (κ1) is 9.96. The van der Waals surface area contributed by atoms with Gasteiger partial charge in [-0.15, -0.1) is 6.58 Å². The average molecular weight is 205 g/mol. The number of fused-ring (bicyclic) bond motifs is 1. The molecule has 0 radical (unpaired) electrons. The van der Waals surface area contributed by atoms with Crippen molar-refractivity contribution in [1.29, 1.82) is 0 Å². The molecule has 4 nitrogen and oxygen atoms in total. The summed E-state index contributed by atoms with van der Waals surface area (Å²) in [6.45, 7) is 5.01. The zero-order valence-corrected chi connectivity index (χ0v) is 8.65. The van der Waals surface area contributed by atoms with E-state index in [9.17, 15) is 4.79 Å². The van der Waals surface area contributed by atoms with Crippen LogP contribution in [0.2, 0.25) is 0 Å². The molecule has 4 heteroatoms. The number of amides is 1. The molecule has 0 saturated carbocycles. The summed E-state index contributed by atoms with van der Waals surface area (Å²) in [4.78, 5) is 15.9. The summed E-state index contributed by atoms with van der Waals surface area (Å²) in [7, 11) is 0. The fraction of sp³-hybridized carbons (Fsp3) is 0.455. The average Bonchev–Trinajstić information content (AvgIpc) is 2.72. The lowest BCUT2D eigenvalue weighted by Crippen LogP contribution is -2.35. The normalized spacial score (nSPS) is 19.3. The molecule has 0 bridgehead atoms. The first-order valence-electron chi connectivity index (χ1n) is 5.20. The summed E-state index contributed by atoms with van der Waals surface area (Å²) in [5, 5.41) is 2.83. The van der Waals surface area contributed by atoms with Gasteiger partial charge in [-0.3, -0.25) is 4.79 Å². The highest BCUT2D eigenvalue weighted by Crippen LogP contribution is 2.18. The van der Waals surface area contributed by atoms with E-state index in [0.29, 0.717) is 6.54 Å². The van der Waals surface area contributed by atoms with Crippen LogP contribution in [-0.4, -0.2) is 22.0 Å². The van der Waals surface area contributed by atoms with Crippen molar-refractivity contribution in [2.45, 2.75) is 19.4 Å². The lowest BCUT2D eigenvalue weighted by atomic mass is 9.97. The maximum absolute atomic E-state index is 11.7. The van der Waals surface area contributed by atoms with Crippen LogP contribution in [0.3, 0.4) is 0 Å². The molecule has 1 aromatic rings. The smallest absolute Gasteiger partial charge is 0.223 e. The van der Waals surface area contributed by atoms with Crippen molar-refractivity contribution in [2.24, 2.45) is 5.92 Å². The van der Waals surface area contributed by atoms with Gasteiger partial charge < -0.3 is 9.88 Å². The molecule has 1 aliphatic rings. The molecule has 1 aromatic heterocycles. The second-order valence-electron chi connectivity index (χ2n) is 3.76. The Morgan fingerprint density at radius 1 is 1.80 bits per heavy atom. The molecule has 80 valence electrons. The van der Waals surface area contributed by atoms with Crippen LogP contribution in [0.1, 0.15) is 12.2 Å². The van der Waals surface area contributed by atoms with Crippen LogP contribution in [0.15, 0.2) is 25.0 Å². The Morgan fingerprint density at radius 2 is 2.67 bits per heavy atom. The van der Waals surface area contributed by atoms with Crippen molar-refractivity contribution < 1.29 is 4.79 Å². The topological polar surface area (TPSA) is 46.9 Å². The maximum atomic E-state index is 11.7. The van der Waals surface area contributed by atoms with E-state index in [2.05, 4.69) is 21.4 Å². The fourth-order valence-corrected chi connectivity index (χ4v) is 1.89. The number of imidazole rings is 1. The standard InChI is InChI=1S/C11H15N3O/c1-2-4-13-11(15)9-3-6-14-7-5-12-10(14)8-9/h2,5,7,9H,1,3-4,6,8H2,(H,13,15). The summed E-state index contributed by atoms with van der Waals surface area (Å²) < 4.78 is 2.11. The molecule has 0 saturated heterocycles. The van der Waals surface area contributed by atoms with Gasteiger partial charge >= 0.3 is 0 Å². The molecule has 0 aromatic carbocycles. The van der Waals surface area contributed by atoms with E-state index in [-0.39, 0.29) is 11.8 Å². The van der Waals surface area contributed by atoms with E-state index in [0.717, 1.165) is 25.2 Å². The Morgan fingerprint density at radius 3 is 3.47 bits per heavy atom. The van der Waals surface area contributed by atoms with E-state index >= 15 is 0 Å². The van der Waals surface area contributed by atoms with Crippen LogP contribution in [0.5, 0.6) is 0 Å². The zero-order chi connectivity index (χ0) is 10.7. The van der Waals surface area contributed by atoms with Crippen LogP contribution in [0.4, 0.5) is 0 Å². The lowest BCUT2D eigenvalue weighted by molar-refractivity contribution is -0.125. The van der Waals surface area contributed by atoms with Crippen molar-refractivity contribution >= 4 is 5.91 Å². The van der Waals surface area contributed by atoms with Gasteiger partial charge in [0.05, 0.1) is 0 Å². The number of rotatable bonds is 3. The number of hydrogen-bond donors (Lipinski definition) is 1. The number of aryl methyl sites for hydroxylation is 1. The van der Waals surface area contributed by atoms with Gasteiger partial charge in [-0.05, 0) is 6.42 Å². The molecule has 0 fully saturated rings. The van der Waals surface area contributed by atoms with E-state index in [4.69, 9.17) is 0 Å². The van der Waals surface area contributed by atoms with E-state index in [1.807, 2.05) is 6.20 Å². The quantitative estimate of drug-likeness (QED) is 0.740. The summed E-state index contributed by atoms with van der Waals surface area (Å²) in [6.07, 6.45) is 7.09. The van der Waals surface area contributed by atoms with Gasteiger partial charge in [-0.1, -0.05) is 6.08 Å². The third-order valence-electron chi connectivity index (χ3n) is 2.74. The molecule has 2 rings (SSSR count). The number of carbonyl (C=O) groups is 1. The van der Waals surface area contributed by atoms with Crippen LogP contribution < -0.4 is 5.32 Å². The minimum atomic E-state index is 0.0693. The maximum Gasteiger partial charge on any atom is 0.223 e. The third kappa shape index (κ3) is 2.09. The second kappa shape index (κ2) is 4.29. The molecule has 1 aliphatic heterocycles. The Bertz CT molecular complexity index is 370. The highest BCUT2D eigenvalue weighted by Gasteiger charge is 2.24. The van der Waals surface area contributed by atoms with Gasteiger partial charge in [0, 0.05) is 37.8 Å². The molecule has 2 heterocycles. The van der Waals surface area contributed by atoms with E-state index < -0.39 is 0 Å². The van der Waals surface area contributed by atoms with Crippen molar-refractivity contribution in [3.8, 4) is 0 Å². The second-order valence-corrected chi connectivity index (χ2v) is 3.76. The van der Waals surface area contributed by atoms with Crippen molar-refractivity contribution in [2.75, 3.05) is 6.54 Å². The molecule has 1 amide bonds. The van der Waals surface area contributed by atoms with Crippen molar-refractivity contribution in [3.05, 3.63) is 30.9 Å². The minimum absolute atomic E-state index is 0.0693. The highest BCUT2D eigenvalue weighted by molar-refractivity contribution is 5.79. The number of carbonyl (C=O) groups excluding carboxylic acids is 1. The third-order valence-corrected chi connectivity index (χ3v) is 2.74. The molecule has 1 unspecified atom stereocenters. The summed E-state index contributed by atoms with van der Waals surface area (Å²) >= 11 is 0. The molecule has 0 spiro atoms. The van der Waals surface area contributed by atoms with Gasteiger partial charge in [0.2, 0.25) is 5.91 Å². The van der Waals surface area contributed by atoms with Crippen LogP contribution >= 0.6 is 0 Å². The van der Waals surface area contributed by atoms with E-state index in [1.54, 1.807) is 12.3 Å².